The van der Waals surface area contributed by atoms with E-state index in [2.05, 4.69) is 10.3 Å². The Hall–Kier alpha value is -1.52. The van der Waals surface area contributed by atoms with Crippen LogP contribution in [0.1, 0.15) is 17.4 Å². The van der Waals surface area contributed by atoms with Crippen LogP contribution in [0, 0.1) is 0 Å². The summed E-state index contributed by atoms with van der Waals surface area (Å²) in [7, 11) is 0. The molecule has 2 rings (SSSR count). The van der Waals surface area contributed by atoms with E-state index in [1.54, 1.807) is 25.1 Å². The van der Waals surface area contributed by atoms with Gasteiger partial charge in [-0.1, -0.05) is 17.7 Å². The highest BCUT2D eigenvalue weighted by atomic mass is 35.5. The molecule has 1 unspecified atom stereocenters. The lowest BCUT2D eigenvalue weighted by molar-refractivity contribution is 0.0918. The number of nitrogens with one attached hydrogen (secondary N) is 2. The van der Waals surface area contributed by atoms with Crippen molar-refractivity contribution in [1.82, 2.24) is 10.3 Å². The van der Waals surface area contributed by atoms with Crippen molar-refractivity contribution in [2.75, 3.05) is 6.61 Å². The summed E-state index contributed by atoms with van der Waals surface area (Å²) in [6, 6.07) is 6.88. The molecule has 90 valence electrons. The molecule has 17 heavy (non-hydrogen) atoms. The second-order valence-corrected chi connectivity index (χ2v) is 4.41. The zero-order valence-corrected chi connectivity index (χ0v) is 10.1. The van der Waals surface area contributed by atoms with Crippen LogP contribution in [-0.4, -0.2) is 28.6 Å². The van der Waals surface area contributed by atoms with Gasteiger partial charge in [-0.2, -0.15) is 0 Å². The molecule has 1 aromatic carbocycles. The first-order valence-electron chi connectivity index (χ1n) is 5.30. The zero-order chi connectivity index (χ0) is 12.4. The van der Waals surface area contributed by atoms with Crippen LogP contribution < -0.4 is 5.32 Å². The Morgan fingerprint density at radius 2 is 2.29 bits per heavy atom. The zero-order valence-electron chi connectivity index (χ0n) is 9.33. The molecule has 1 heterocycles. The van der Waals surface area contributed by atoms with Crippen LogP contribution in [0.4, 0.5) is 0 Å². The molecule has 1 amide bonds. The highest BCUT2D eigenvalue weighted by molar-refractivity contribution is 6.31. The van der Waals surface area contributed by atoms with E-state index < -0.39 is 0 Å². The van der Waals surface area contributed by atoms with Crippen molar-refractivity contribution in [1.29, 1.82) is 0 Å². The minimum absolute atomic E-state index is 0.0855. The largest absolute Gasteiger partial charge is 0.394 e. The smallest absolute Gasteiger partial charge is 0.268 e. The Labute approximate surface area is 104 Å². The van der Waals surface area contributed by atoms with Crippen LogP contribution in [0.15, 0.2) is 24.3 Å². The number of hydrogen-bond acceptors (Lipinski definition) is 2. The standard InChI is InChI=1S/C12H13ClN2O2/c1-7(6-16)14-12(17)11-4-8-2-3-9(13)5-10(8)15-11/h2-5,7,15-16H,6H2,1H3,(H,14,17). The third-order valence-electron chi connectivity index (χ3n) is 2.48. The number of aliphatic hydroxyl groups is 1. The number of benzene rings is 1. The maximum absolute atomic E-state index is 11.8. The Morgan fingerprint density at radius 1 is 1.53 bits per heavy atom. The molecule has 3 N–H and O–H groups in total. The number of carbonyl (C=O) groups is 1. The summed E-state index contributed by atoms with van der Waals surface area (Å²) in [5, 5.41) is 13.1. The van der Waals surface area contributed by atoms with Gasteiger partial charge in [0.2, 0.25) is 0 Å². The van der Waals surface area contributed by atoms with Crippen molar-refractivity contribution in [3.05, 3.63) is 35.0 Å². The number of hydrogen-bond donors (Lipinski definition) is 3. The SMILES string of the molecule is CC(CO)NC(=O)c1cc2ccc(Cl)cc2[nH]1. The molecule has 0 fully saturated rings. The lowest BCUT2D eigenvalue weighted by Gasteiger charge is -2.08. The van der Waals surface area contributed by atoms with Gasteiger partial charge in [0.25, 0.3) is 5.91 Å². The highest BCUT2D eigenvalue weighted by Gasteiger charge is 2.11. The molecular formula is C12H13ClN2O2. The van der Waals surface area contributed by atoms with E-state index >= 15 is 0 Å². The van der Waals surface area contributed by atoms with E-state index in [1.807, 2.05) is 6.07 Å². The van der Waals surface area contributed by atoms with Crippen molar-refractivity contribution < 1.29 is 9.90 Å². The summed E-state index contributed by atoms with van der Waals surface area (Å²) in [4.78, 5) is 14.8. The van der Waals surface area contributed by atoms with Gasteiger partial charge < -0.3 is 15.4 Å². The number of H-pyrrole nitrogens is 1. The average Bonchev–Trinajstić information content (AvgIpc) is 2.71. The van der Waals surface area contributed by atoms with E-state index in [1.165, 1.54) is 0 Å². The van der Waals surface area contributed by atoms with E-state index in [0.29, 0.717) is 10.7 Å². The second kappa shape index (κ2) is 4.77. The summed E-state index contributed by atoms with van der Waals surface area (Å²) >= 11 is 5.86. The van der Waals surface area contributed by atoms with Crippen molar-refractivity contribution in [3.8, 4) is 0 Å². The maximum atomic E-state index is 11.8. The number of carbonyl (C=O) groups excluding carboxylic acids is 1. The van der Waals surface area contributed by atoms with Crippen molar-refractivity contribution in [3.63, 3.8) is 0 Å². The average molecular weight is 253 g/mol. The Morgan fingerprint density at radius 3 is 3.00 bits per heavy atom. The number of fused-ring (bicyclic) bond motifs is 1. The third kappa shape index (κ3) is 2.60. The van der Waals surface area contributed by atoms with Crippen molar-refractivity contribution in [2.45, 2.75) is 13.0 Å². The predicted octanol–water partition coefficient (Wildman–Crippen LogP) is 1.93. The molecule has 0 saturated carbocycles. The molecular weight excluding hydrogens is 240 g/mol. The first-order valence-corrected chi connectivity index (χ1v) is 5.68. The fraction of sp³-hybridized carbons (Fsp3) is 0.250. The number of aromatic nitrogens is 1. The highest BCUT2D eigenvalue weighted by Crippen LogP contribution is 2.19. The topological polar surface area (TPSA) is 65.1 Å². The van der Waals surface area contributed by atoms with Crippen LogP contribution in [0.3, 0.4) is 0 Å². The van der Waals surface area contributed by atoms with Crippen molar-refractivity contribution >= 4 is 28.4 Å². The lowest BCUT2D eigenvalue weighted by atomic mass is 10.2. The van der Waals surface area contributed by atoms with E-state index in [-0.39, 0.29) is 18.6 Å². The summed E-state index contributed by atoms with van der Waals surface area (Å²) in [6.45, 7) is 1.65. The summed E-state index contributed by atoms with van der Waals surface area (Å²) in [5.41, 5.74) is 1.28. The van der Waals surface area contributed by atoms with Gasteiger partial charge in [-0.15, -0.1) is 0 Å². The van der Waals surface area contributed by atoms with Crippen LogP contribution in [0.2, 0.25) is 5.02 Å². The molecule has 4 nitrogen and oxygen atoms in total. The van der Waals surface area contributed by atoms with Gasteiger partial charge in [-0.3, -0.25) is 4.79 Å². The van der Waals surface area contributed by atoms with Gasteiger partial charge in [0.15, 0.2) is 0 Å². The normalized spacial score (nSPS) is 12.6. The Bertz CT molecular complexity index is 550. The summed E-state index contributed by atoms with van der Waals surface area (Å²) < 4.78 is 0. The molecule has 0 bridgehead atoms. The molecule has 0 aliphatic rings. The van der Waals surface area contributed by atoms with Gasteiger partial charge >= 0.3 is 0 Å². The molecule has 0 aliphatic carbocycles. The molecule has 0 spiro atoms. The molecule has 0 saturated heterocycles. The lowest BCUT2D eigenvalue weighted by Crippen LogP contribution is -2.35. The Kier molecular flexibility index (Phi) is 3.36. The van der Waals surface area contributed by atoms with Gasteiger partial charge in [0.05, 0.1) is 6.61 Å². The van der Waals surface area contributed by atoms with Gasteiger partial charge in [0, 0.05) is 22.0 Å². The van der Waals surface area contributed by atoms with Gasteiger partial charge in [0.1, 0.15) is 5.69 Å². The van der Waals surface area contributed by atoms with Crippen molar-refractivity contribution in [2.24, 2.45) is 0 Å². The fourth-order valence-corrected chi connectivity index (χ4v) is 1.74. The van der Waals surface area contributed by atoms with Crippen LogP contribution in [0.25, 0.3) is 10.9 Å². The van der Waals surface area contributed by atoms with Crippen LogP contribution >= 0.6 is 11.6 Å². The minimum atomic E-state index is -0.266. The predicted molar refractivity (Wildman–Crippen MR) is 67.3 cm³/mol. The number of halogens is 1. The molecule has 1 aromatic heterocycles. The first-order chi connectivity index (χ1) is 8.10. The Balaban J connectivity index is 2.27. The number of rotatable bonds is 3. The second-order valence-electron chi connectivity index (χ2n) is 3.97. The number of aliphatic hydroxyl groups excluding tert-OH is 1. The molecule has 2 aromatic rings. The molecule has 1 atom stereocenters. The summed E-state index contributed by atoms with van der Waals surface area (Å²) in [5.74, 6) is -0.237. The quantitative estimate of drug-likeness (QED) is 0.782. The van der Waals surface area contributed by atoms with E-state index in [4.69, 9.17) is 16.7 Å². The first kappa shape index (κ1) is 12.0. The summed E-state index contributed by atoms with van der Waals surface area (Å²) in [6.07, 6.45) is 0. The van der Waals surface area contributed by atoms with Crippen LogP contribution in [-0.2, 0) is 0 Å². The number of amides is 1. The maximum Gasteiger partial charge on any atom is 0.268 e. The van der Waals surface area contributed by atoms with Gasteiger partial charge in [-0.05, 0) is 25.1 Å². The fourth-order valence-electron chi connectivity index (χ4n) is 1.57. The number of aromatic amines is 1. The van der Waals surface area contributed by atoms with Crippen LogP contribution in [0.5, 0.6) is 0 Å². The minimum Gasteiger partial charge on any atom is -0.394 e. The monoisotopic (exact) mass is 252 g/mol. The van der Waals surface area contributed by atoms with Gasteiger partial charge in [-0.25, -0.2) is 0 Å². The van der Waals surface area contributed by atoms with E-state index in [9.17, 15) is 4.79 Å². The third-order valence-corrected chi connectivity index (χ3v) is 2.72. The molecule has 0 radical (unpaired) electrons. The molecule has 5 heteroatoms. The molecule has 0 aliphatic heterocycles. The van der Waals surface area contributed by atoms with E-state index in [0.717, 1.165) is 10.9 Å².